The van der Waals surface area contributed by atoms with Crippen LogP contribution in [0, 0.1) is 13.8 Å². The fourth-order valence-corrected chi connectivity index (χ4v) is 5.56. The molecular formula is C29H21F3N6O2S. The van der Waals surface area contributed by atoms with E-state index in [0.29, 0.717) is 27.8 Å². The van der Waals surface area contributed by atoms with Crippen molar-refractivity contribution in [3.63, 3.8) is 0 Å². The van der Waals surface area contributed by atoms with Crippen LogP contribution in [0.3, 0.4) is 0 Å². The predicted molar refractivity (Wildman–Crippen MR) is 154 cm³/mol. The van der Waals surface area contributed by atoms with E-state index in [-0.39, 0.29) is 11.7 Å². The number of aryl methyl sites for hydroxylation is 2. The molecule has 0 spiro atoms. The molecule has 6 rings (SSSR count). The van der Waals surface area contributed by atoms with Gasteiger partial charge in [-0.2, -0.15) is 5.10 Å². The molecule has 0 radical (unpaired) electrons. The van der Waals surface area contributed by atoms with E-state index in [1.54, 1.807) is 22.0 Å². The Morgan fingerprint density at radius 3 is 2.51 bits per heavy atom. The summed E-state index contributed by atoms with van der Waals surface area (Å²) in [6.45, 7) is 3.92. The van der Waals surface area contributed by atoms with Crippen molar-refractivity contribution < 1.29 is 22.7 Å². The van der Waals surface area contributed by atoms with Crippen molar-refractivity contribution in [2.45, 2.75) is 20.2 Å². The third-order valence-corrected chi connectivity index (χ3v) is 7.46. The Labute approximate surface area is 236 Å². The first-order valence-electron chi connectivity index (χ1n) is 12.4. The third-order valence-electron chi connectivity index (χ3n) is 6.55. The molecule has 5 aromatic rings. The number of alkyl halides is 3. The van der Waals surface area contributed by atoms with Crippen molar-refractivity contribution >= 4 is 56.5 Å². The number of para-hydroxylation sites is 1. The lowest BCUT2D eigenvalue weighted by molar-refractivity contribution is -0.274. The second-order valence-electron chi connectivity index (χ2n) is 9.31. The number of hydrogen-bond acceptors (Lipinski definition) is 7. The molecule has 12 heteroatoms. The van der Waals surface area contributed by atoms with Crippen LogP contribution in [0.15, 0.2) is 83.4 Å². The summed E-state index contributed by atoms with van der Waals surface area (Å²) in [5, 5.41) is 10.7. The topological polar surface area (TPSA) is 85.0 Å². The van der Waals surface area contributed by atoms with Gasteiger partial charge in [0.15, 0.2) is 5.17 Å². The first kappa shape index (κ1) is 26.5. The zero-order valence-corrected chi connectivity index (χ0v) is 22.6. The van der Waals surface area contributed by atoms with Crippen LogP contribution in [0.2, 0.25) is 0 Å². The Morgan fingerprint density at radius 1 is 1.02 bits per heavy atom. The van der Waals surface area contributed by atoms with Crippen LogP contribution in [0.5, 0.6) is 5.75 Å². The molecule has 0 aliphatic carbocycles. The lowest BCUT2D eigenvalue weighted by Crippen LogP contribution is -2.30. The van der Waals surface area contributed by atoms with Crippen molar-refractivity contribution in [3.05, 3.63) is 90.0 Å². The lowest BCUT2D eigenvalue weighted by Gasteiger charge is -2.20. The fourth-order valence-electron chi connectivity index (χ4n) is 4.75. The average molecular weight is 575 g/mol. The van der Waals surface area contributed by atoms with Crippen molar-refractivity contribution in [2.75, 3.05) is 10.7 Å². The molecule has 1 saturated heterocycles. The number of anilines is 1. The number of imidazole rings is 1. The van der Waals surface area contributed by atoms with Crippen molar-refractivity contribution in [1.82, 2.24) is 14.5 Å². The van der Waals surface area contributed by atoms with Gasteiger partial charge < -0.3 is 4.74 Å². The van der Waals surface area contributed by atoms with Crippen LogP contribution >= 0.6 is 11.8 Å². The Bertz CT molecular complexity index is 1840. The van der Waals surface area contributed by atoms with Gasteiger partial charge in [0.25, 0.3) is 0 Å². The molecule has 1 aliphatic rings. The first-order chi connectivity index (χ1) is 19.7. The summed E-state index contributed by atoms with van der Waals surface area (Å²) < 4.78 is 43.2. The number of fused-ring (bicyclic) bond motifs is 3. The SMILES string of the molecule is Cc1cccc(C)c1N1C(=O)CS/C1=N\N=C/c1cc2ccc3c(ncn3-c3ccc(OC(F)(F)F)cc3)c2cn1. The maximum absolute atomic E-state index is 12.6. The van der Waals surface area contributed by atoms with Gasteiger partial charge in [0.05, 0.1) is 34.4 Å². The zero-order valence-electron chi connectivity index (χ0n) is 21.8. The van der Waals surface area contributed by atoms with Gasteiger partial charge in [-0.3, -0.25) is 19.2 Å². The van der Waals surface area contributed by atoms with Crippen LogP contribution in [-0.4, -0.2) is 43.9 Å². The summed E-state index contributed by atoms with van der Waals surface area (Å²) >= 11 is 1.34. The number of thioether (sulfide) groups is 1. The summed E-state index contributed by atoms with van der Waals surface area (Å²) in [6.07, 6.45) is 0.0885. The lowest BCUT2D eigenvalue weighted by atomic mass is 10.1. The molecule has 8 nitrogen and oxygen atoms in total. The molecule has 1 aliphatic heterocycles. The summed E-state index contributed by atoms with van der Waals surface area (Å²) in [6, 6.07) is 17.1. The summed E-state index contributed by atoms with van der Waals surface area (Å²) in [7, 11) is 0. The molecule has 2 aromatic heterocycles. The molecule has 41 heavy (non-hydrogen) atoms. The van der Waals surface area contributed by atoms with Gasteiger partial charge in [-0.25, -0.2) is 4.98 Å². The van der Waals surface area contributed by atoms with E-state index in [1.165, 1.54) is 42.2 Å². The van der Waals surface area contributed by atoms with Gasteiger partial charge in [0.1, 0.15) is 12.1 Å². The first-order valence-corrected chi connectivity index (χ1v) is 13.4. The van der Waals surface area contributed by atoms with Gasteiger partial charge in [0.2, 0.25) is 5.91 Å². The van der Waals surface area contributed by atoms with Crippen molar-refractivity contribution in [1.29, 1.82) is 0 Å². The van der Waals surface area contributed by atoms with Gasteiger partial charge >= 0.3 is 6.36 Å². The molecule has 206 valence electrons. The van der Waals surface area contributed by atoms with Gasteiger partial charge in [-0.05, 0) is 66.8 Å². The highest BCUT2D eigenvalue weighted by Gasteiger charge is 2.32. The van der Waals surface area contributed by atoms with Gasteiger partial charge in [-0.15, -0.1) is 18.3 Å². The third kappa shape index (κ3) is 5.25. The smallest absolute Gasteiger partial charge is 0.406 e. The quantitative estimate of drug-likeness (QED) is 0.175. The minimum atomic E-state index is -4.75. The maximum Gasteiger partial charge on any atom is 0.573 e. The van der Waals surface area contributed by atoms with E-state index in [2.05, 4.69) is 24.9 Å². The Morgan fingerprint density at radius 2 is 1.78 bits per heavy atom. The predicted octanol–water partition coefficient (Wildman–Crippen LogP) is 6.56. The largest absolute Gasteiger partial charge is 0.573 e. The number of aromatic nitrogens is 3. The van der Waals surface area contributed by atoms with E-state index < -0.39 is 6.36 Å². The number of halogens is 3. The molecule has 0 unspecified atom stereocenters. The molecule has 1 amide bonds. The average Bonchev–Trinajstić information content (AvgIpc) is 3.52. The highest BCUT2D eigenvalue weighted by molar-refractivity contribution is 8.15. The van der Waals surface area contributed by atoms with Crippen LogP contribution in [0.1, 0.15) is 16.8 Å². The van der Waals surface area contributed by atoms with Crippen LogP contribution in [0.25, 0.3) is 27.5 Å². The molecule has 0 atom stereocenters. The zero-order chi connectivity index (χ0) is 28.7. The van der Waals surface area contributed by atoms with E-state index in [9.17, 15) is 18.0 Å². The second kappa shape index (κ2) is 10.4. The maximum atomic E-state index is 12.6. The molecule has 3 heterocycles. The standard InChI is InChI=1S/C29H21F3N6O2S/c1-17-4-3-5-18(2)27(17)38-25(39)15-41-28(38)36-35-13-20-12-19-6-11-24-26(23(19)14-33-20)34-16-37(24)21-7-9-22(10-8-21)40-29(30,31)32/h3-14,16H,15H2,1-2H3/b35-13-,36-28-. The van der Waals surface area contributed by atoms with E-state index in [1.807, 2.05) is 50.2 Å². The molecule has 0 saturated carbocycles. The van der Waals surface area contributed by atoms with Crippen LogP contribution in [-0.2, 0) is 4.79 Å². The minimum absolute atomic E-state index is 0.0424. The number of rotatable bonds is 5. The summed E-state index contributed by atoms with van der Waals surface area (Å²) in [5.74, 6) is -0.0419. The van der Waals surface area contributed by atoms with Gasteiger partial charge in [-0.1, -0.05) is 36.0 Å². The number of ether oxygens (including phenoxy) is 1. The van der Waals surface area contributed by atoms with Gasteiger partial charge in [0, 0.05) is 17.3 Å². The summed E-state index contributed by atoms with van der Waals surface area (Å²) in [5.41, 5.74) is 5.47. The number of pyridine rings is 1. The number of carbonyl (C=O) groups excluding carboxylic acids is 1. The summed E-state index contributed by atoms with van der Waals surface area (Å²) in [4.78, 5) is 23.3. The normalized spacial score (nSPS) is 15.2. The van der Waals surface area contributed by atoms with E-state index in [0.717, 1.165) is 33.1 Å². The number of benzene rings is 3. The number of nitrogens with zero attached hydrogens (tertiary/aromatic N) is 6. The van der Waals surface area contributed by atoms with E-state index >= 15 is 0 Å². The Balaban J connectivity index is 1.26. The highest BCUT2D eigenvalue weighted by Crippen LogP contribution is 2.32. The molecular weight excluding hydrogens is 553 g/mol. The van der Waals surface area contributed by atoms with Crippen molar-refractivity contribution in [2.24, 2.45) is 10.2 Å². The van der Waals surface area contributed by atoms with Crippen LogP contribution in [0.4, 0.5) is 18.9 Å². The number of amidine groups is 1. The Hall–Kier alpha value is -4.71. The number of amides is 1. The monoisotopic (exact) mass is 574 g/mol. The Kier molecular flexibility index (Phi) is 6.70. The molecule has 3 aromatic carbocycles. The van der Waals surface area contributed by atoms with E-state index in [4.69, 9.17) is 0 Å². The molecule has 0 bridgehead atoms. The number of carbonyl (C=O) groups is 1. The molecule has 1 fully saturated rings. The van der Waals surface area contributed by atoms with Crippen molar-refractivity contribution in [3.8, 4) is 11.4 Å². The number of hydrogen-bond donors (Lipinski definition) is 0. The van der Waals surface area contributed by atoms with Crippen LogP contribution < -0.4 is 9.64 Å². The second-order valence-corrected chi connectivity index (χ2v) is 10.2. The highest BCUT2D eigenvalue weighted by atomic mass is 32.2. The molecule has 0 N–H and O–H groups in total. The minimum Gasteiger partial charge on any atom is -0.406 e. The fraction of sp³-hybridized carbons (Fsp3) is 0.138.